The molecule has 1 saturated carbocycles. The van der Waals surface area contributed by atoms with Crippen molar-refractivity contribution in [2.24, 2.45) is 5.73 Å². The van der Waals surface area contributed by atoms with Gasteiger partial charge in [0.1, 0.15) is 0 Å². The predicted molar refractivity (Wildman–Crippen MR) is 69.9 cm³/mol. The molecule has 5 nitrogen and oxygen atoms in total. The van der Waals surface area contributed by atoms with Crippen molar-refractivity contribution in [1.29, 1.82) is 0 Å². The molecular formula is C11H21N3O2S. The highest BCUT2D eigenvalue weighted by molar-refractivity contribution is 7.99. The third kappa shape index (κ3) is 6.53. The Morgan fingerprint density at radius 1 is 1.24 bits per heavy atom. The van der Waals surface area contributed by atoms with Gasteiger partial charge in [-0.05, 0) is 12.8 Å². The number of carbonyl (C=O) groups is 2. The molecule has 4 N–H and O–H groups in total. The summed E-state index contributed by atoms with van der Waals surface area (Å²) in [4.78, 5) is 22.8. The van der Waals surface area contributed by atoms with Crippen LogP contribution in [-0.4, -0.2) is 36.0 Å². The number of nitrogens with one attached hydrogen (secondary N) is 2. The van der Waals surface area contributed by atoms with Crippen LogP contribution in [0.1, 0.15) is 32.1 Å². The zero-order valence-electron chi connectivity index (χ0n) is 10.0. The maximum atomic E-state index is 11.5. The first-order valence-corrected chi connectivity index (χ1v) is 7.26. The van der Waals surface area contributed by atoms with Gasteiger partial charge in [-0.2, -0.15) is 11.8 Å². The summed E-state index contributed by atoms with van der Waals surface area (Å²) in [7, 11) is 0. The molecule has 0 heterocycles. The number of imide groups is 1. The summed E-state index contributed by atoms with van der Waals surface area (Å²) in [6, 6.07) is -0.136. The van der Waals surface area contributed by atoms with Gasteiger partial charge in [-0.25, -0.2) is 4.79 Å². The number of nitrogens with two attached hydrogens (primary N) is 1. The molecule has 98 valence electrons. The molecule has 0 aliphatic heterocycles. The maximum Gasteiger partial charge on any atom is 0.321 e. The minimum Gasteiger partial charge on any atom is -0.335 e. The molecule has 0 bridgehead atoms. The third-order valence-corrected chi connectivity index (χ3v) is 3.68. The van der Waals surface area contributed by atoms with E-state index in [1.165, 1.54) is 18.2 Å². The summed E-state index contributed by atoms with van der Waals surface area (Å²) in [6.45, 7) is 0.548. The zero-order valence-corrected chi connectivity index (χ0v) is 10.9. The molecule has 0 unspecified atom stereocenters. The quantitative estimate of drug-likeness (QED) is 0.639. The number of carbonyl (C=O) groups excluding carboxylic acids is 2. The Kier molecular flexibility index (Phi) is 7.04. The van der Waals surface area contributed by atoms with Crippen LogP contribution >= 0.6 is 11.8 Å². The molecule has 1 fully saturated rings. The van der Waals surface area contributed by atoms with Crippen LogP contribution in [0.5, 0.6) is 0 Å². The molecule has 3 amide bonds. The summed E-state index contributed by atoms with van der Waals surface area (Å²) in [5.74, 6) is 0.768. The van der Waals surface area contributed by atoms with E-state index in [0.29, 0.717) is 6.54 Å². The van der Waals surface area contributed by atoms with Crippen molar-refractivity contribution in [3.8, 4) is 0 Å². The largest absolute Gasteiger partial charge is 0.335 e. The molecule has 0 spiro atoms. The molecule has 1 rings (SSSR count). The van der Waals surface area contributed by atoms with E-state index in [0.717, 1.165) is 31.4 Å². The minimum absolute atomic E-state index is 0.230. The summed E-state index contributed by atoms with van der Waals surface area (Å²) in [6.07, 6.45) is 5.60. The Bertz CT molecular complexity index is 255. The standard InChI is InChI=1S/C11H21N3O2S/c12-6-7-17-8-10(15)14-11(16)13-9-4-2-1-3-5-9/h9H,1-8,12H2,(H2,13,14,15,16). The molecule has 17 heavy (non-hydrogen) atoms. The molecule has 0 aromatic heterocycles. The summed E-state index contributed by atoms with van der Waals surface area (Å²) < 4.78 is 0. The second kappa shape index (κ2) is 8.36. The Morgan fingerprint density at radius 3 is 2.59 bits per heavy atom. The van der Waals surface area contributed by atoms with Crippen LogP contribution in [0, 0.1) is 0 Å². The molecule has 0 saturated heterocycles. The Hall–Kier alpha value is -0.750. The van der Waals surface area contributed by atoms with Crippen molar-refractivity contribution in [3.63, 3.8) is 0 Å². The lowest BCUT2D eigenvalue weighted by Crippen LogP contribution is -2.45. The second-order valence-corrected chi connectivity index (χ2v) is 5.30. The van der Waals surface area contributed by atoms with Gasteiger partial charge in [0.2, 0.25) is 5.91 Å². The fraction of sp³-hybridized carbons (Fsp3) is 0.818. The van der Waals surface area contributed by atoms with Crippen LogP contribution in [0.15, 0.2) is 0 Å². The summed E-state index contributed by atoms with van der Waals surface area (Å²) >= 11 is 1.43. The van der Waals surface area contributed by atoms with Gasteiger partial charge in [-0.1, -0.05) is 19.3 Å². The Morgan fingerprint density at radius 2 is 1.94 bits per heavy atom. The number of rotatable bonds is 5. The van der Waals surface area contributed by atoms with Crippen molar-refractivity contribution >= 4 is 23.7 Å². The van der Waals surface area contributed by atoms with E-state index in [9.17, 15) is 9.59 Å². The van der Waals surface area contributed by atoms with Gasteiger partial charge < -0.3 is 11.1 Å². The van der Waals surface area contributed by atoms with Crippen molar-refractivity contribution in [1.82, 2.24) is 10.6 Å². The van der Waals surface area contributed by atoms with Crippen molar-refractivity contribution in [2.45, 2.75) is 38.1 Å². The first kappa shape index (κ1) is 14.3. The van der Waals surface area contributed by atoms with Crippen LogP contribution in [0.3, 0.4) is 0 Å². The third-order valence-electron chi connectivity index (χ3n) is 2.69. The first-order chi connectivity index (χ1) is 8.22. The molecule has 1 aliphatic carbocycles. The Balaban J connectivity index is 2.12. The van der Waals surface area contributed by atoms with Gasteiger partial charge >= 0.3 is 6.03 Å². The van der Waals surface area contributed by atoms with Gasteiger partial charge in [-0.15, -0.1) is 0 Å². The molecule has 0 aromatic rings. The number of amides is 3. The average Bonchev–Trinajstić information content (AvgIpc) is 2.30. The van der Waals surface area contributed by atoms with Crippen molar-refractivity contribution in [2.75, 3.05) is 18.1 Å². The van der Waals surface area contributed by atoms with Gasteiger partial charge in [0, 0.05) is 18.3 Å². The van der Waals surface area contributed by atoms with Crippen LogP contribution in [0.25, 0.3) is 0 Å². The lowest BCUT2D eigenvalue weighted by Gasteiger charge is -2.22. The molecule has 1 aliphatic rings. The molecule has 0 atom stereocenters. The smallest absolute Gasteiger partial charge is 0.321 e. The fourth-order valence-electron chi connectivity index (χ4n) is 1.88. The van der Waals surface area contributed by atoms with E-state index in [1.54, 1.807) is 0 Å². The topological polar surface area (TPSA) is 84.2 Å². The van der Waals surface area contributed by atoms with E-state index in [1.807, 2.05) is 0 Å². The highest BCUT2D eigenvalue weighted by atomic mass is 32.2. The Labute approximate surface area is 106 Å². The number of hydrogen-bond donors (Lipinski definition) is 3. The fourth-order valence-corrected chi connectivity index (χ4v) is 2.45. The van der Waals surface area contributed by atoms with Gasteiger partial charge in [0.05, 0.1) is 5.75 Å². The van der Waals surface area contributed by atoms with E-state index < -0.39 is 0 Å². The second-order valence-electron chi connectivity index (χ2n) is 4.20. The average molecular weight is 259 g/mol. The van der Waals surface area contributed by atoms with Gasteiger partial charge in [0.15, 0.2) is 0 Å². The summed E-state index contributed by atoms with van der Waals surface area (Å²) in [5, 5.41) is 5.17. The van der Waals surface area contributed by atoms with E-state index in [4.69, 9.17) is 5.73 Å². The van der Waals surface area contributed by atoms with E-state index in [-0.39, 0.29) is 23.7 Å². The summed E-state index contributed by atoms with van der Waals surface area (Å²) in [5.41, 5.74) is 5.31. The highest BCUT2D eigenvalue weighted by Gasteiger charge is 2.16. The highest BCUT2D eigenvalue weighted by Crippen LogP contribution is 2.17. The molecule has 0 aromatic carbocycles. The molecular weight excluding hydrogens is 238 g/mol. The van der Waals surface area contributed by atoms with Crippen molar-refractivity contribution in [3.05, 3.63) is 0 Å². The maximum absolute atomic E-state index is 11.5. The molecule has 0 radical (unpaired) electrons. The van der Waals surface area contributed by atoms with Crippen LogP contribution in [0.4, 0.5) is 4.79 Å². The zero-order chi connectivity index (χ0) is 12.5. The minimum atomic E-state index is -0.366. The van der Waals surface area contributed by atoms with Gasteiger partial charge in [0.25, 0.3) is 0 Å². The first-order valence-electron chi connectivity index (χ1n) is 6.10. The lowest BCUT2D eigenvalue weighted by molar-refractivity contribution is -0.117. The van der Waals surface area contributed by atoms with Gasteiger partial charge in [-0.3, -0.25) is 10.1 Å². The van der Waals surface area contributed by atoms with Crippen LogP contribution < -0.4 is 16.4 Å². The number of thioether (sulfide) groups is 1. The normalized spacial score (nSPS) is 16.5. The van der Waals surface area contributed by atoms with Crippen LogP contribution in [0.2, 0.25) is 0 Å². The predicted octanol–water partition coefficient (Wildman–Crippen LogP) is 0.837. The van der Waals surface area contributed by atoms with E-state index >= 15 is 0 Å². The molecule has 6 heteroatoms. The van der Waals surface area contributed by atoms with Crippen molar-refractivity contribution < 1.29 is 9.59 Å². The lowest BCUT2D eigenvalue weighted by atomic mass is 9.96. The monoisotopic (exact) mass is 259 g/mol. The number of hydrogen-bond acceptors (Lipinski definition) is 4. The SMILES string of the molecule is NCCSCC(=O)NC(=O)NC1CCCCC1. The van der Waals surface area contributed by atoms with E-state index in [2.05, 4.69) is 10.6 Å². The number of urea groups is 1. The van der Waals surface area contributed by atoms with Crippen LogP contribution in [-0.2, 0) is 4.79 Å².